The SMILES string of the molecule is CCc1ccccc1Nc1nc(N)nc(CN2CCN(C(=O)c3ccco3)CC2)n1. The highest BCUT2D eigenvalue weighted by molar-refractivity contribution is 5.91. The number of nitrogen functional groups attached to an aromatic ring is 1. The Labute approximate surface area is 174 Å². The van der Waals surface area contributed by atoms with Gasteiger partial charge in [0.25, 0.3) is 5.91 Å². The third-order valence-corrected chi connectivity index (χ3v) is 5.10. The van der Waals surface area contributed by atoms with Crippen LogP contribution in [0.3, 0.4) is 0 Å². The van der Waals surface area contributed by atoms with Crippen LogP contribution in [0.5, 0.6) is 0 Å². The molecule has 9 nitrogen and oxygen atoms in total. The van der Waals surface area contributed by atoms with Gasteiger partial charge in [-0.3, -0.25) is 9.69 Å². The summed E-state index contributed by atoms with van der Waals surface area (Å²) in [6.45, 7) is 5.33. The number of rotatable bonds is 6. The van der Waals surface area contributed by atoms with Crippen LogP contribution in [-0.2, 0) is 13.0 Å². The Bertz CT molecular complexity index is 998. The highest BCUT2D eigenvalue weighted by Gasteiger charge is 2.24. The predicted molar refractivity (Wildman–Crippen MR) is 113 cm³/mol. The van der Waals surface area contributed by atoms with Crippen molar-refractivity contribution in [1.82, 2.24) is 24.8 Å². The number of carbonyl (C=O) groups is 1. The summed E-state index contributed by atoms with van der Waals surface area (Å²) < 4.78 is 5.21. The Morgan fingerprint density at radius 3 is 2.63 bits per heavy atom. The number of para-hydroxylation sites is 1. The van der Waals surface area contributed by atoms with Crippen molar-refractivity contribution in [2.24, 2.45) is 0 Å². The first-order valence-corrected chi connectivity index (χ1v) is 10.0. The molecule has 1 aliphatic rings. The summed E-state index contributed by atoms with van der Waals surface area (Å²) in [5, 5.41) is 3.26. The van der Waals surface area contributed by atoms with Gasteiger partial charge in [-0.15, -0.1) is 0 Å². The Balaban J connectivity index is 1.39. The van der Waals surface area contributed by atoms with Gasteiger partial charge in [0, 0.05) is 31.9 Å². The normalized spacial score (nSPS) is 14.6. The fraction of sp³-hybridized carbons (Fsp3) is 0.333. The van der Waals surface area contributed by atoms with Gasteiger partial charge in [0.05, 0.1) is 12.8 Å². The van der Waals surface area contributed by atoms with E-state index in [1.165, 1.54) is 11.8 Å². The molecule has 3 N–H and O–H groups in total. The summed E-state index contributed by atoms with van der Waals surface area (Å²) in [6.07, 6.45) is 2.41. The van der Waals surface area contributed by atoms with E-state index in [1.54, 1.807) is 17.0 Å². The van der Waals surface area contributed by atoms with Crippen molar-refractivity contribution >= 4 is 23.5 Å². The third kappa shape index (κ3) is 4.57. The van der Waals surface area contributed by atoms with E-state index in [0.29, 0.717) is 37.2 Å². The largest absolute Gasteiger partial charge is 0.459 e. The second kappa shape index (κ2) is 8.91. The van der Waals surface area contributed by atoms with Crippen LogP contribution in [0.4, 0.5) is 17.6 Å². The molecule has 4 rings (SSSR count). The Hall–Kier alpha value is -3.46. The lowest BCUT2D eigenvalue weighted by Gasteiger charge is -2.33. The molecule has 1 saturated heterocycles. The first-order chi connectivity index (χ1) is 14.6. The van der Waals surface area contributed by atoms with Gasteiger partial charge in [0.2, 0.25) is 11.9 Å². The van der Waals surface area contributed by atoms with Crippen molar-refractivity contribution in [2.45, 2.75) is 19.9 Å². The zero-order valence-corrected chi connectivity index (χ0v) is 16.9. The molecule has 0 bridgehead atoms. The minimum atomic E-state index is -0.0786. The fourth-order valence-corrected chi connectivity index (χ4v) is 3.50. The molecule has 0 unspecified atom stereocenters. The molecule has 156 valence electrons. The van der Waals surface area contributed by atoms with E-state index in [-0.39, 0.29) is 11.9 Å². The van der Waals surface area contributed by atoms with E-state index in [0.717, 1.165) is 25.2 Å². The maximum absolute atomic E-state index is 12.4. The number of amides is 1. The number of hydrogen-bond donors (Lipinski definition) is 2. The summed E-state index contributed by atoms with van der Waals surface area (Å²) >= 11 is 0. The van der Waals surface area contributed by atoms with E-state index in [9.17, 15) is 4.79 Å². The Morgan fingerprint density at radius 1 is 1.10 bits per heavy atom. The molecule has 0 spiro atoms. The number of aryl methyl sites for hydroxylation is 1. The van der Waals surface area contributed by atoms with Crippen LogP contribution in [0, 0.1) is 0 Å². The van der Waals surface area contributed by atoms with Gasteiger partial charge in [0.1, 0.15) is 5.82 Å². The minimum Gasteiger partial charge on any atom is -0.459 e. The van der Waals surface area contributed by atoms with Gasteiger partial charge in [-0.1, -0.05) is 25.1 Å². The lowest BCUT2D eigenvalue weighted by Crippen LogP contribution is -2.48. The number of furan rings is 1. The molecule has 30 heavy (non-hydrogen) atoms. The van der Waals surface area contributed by atoms with Gasteiger partial charge in [-0.25, -0.2) is 0 Å². The highest BCUT2D eigenvalue weighted by Crippen LogP contribution is 2.20. The van der Waals surface area contributed by atoms with Crippen LogP contribution in [0.2, 0.25) is 0 Å². The van der Waals surface area contributed by atoms with Gasteiger partial charge < -0.3 is 20.4 Å². The monoisotopic (exact) mass is 407 g/mol. The zero-order valence-electron chi connectivity index (χ0n) is 16.9. The number of nitrogens with one attached hydrogen (secondary N) is 1. The number of hydrogen-bond acceptors (Lipinski definition) is 8. The van der Waals surface area contributed by atoms with Crippen molar-refractivity contribution < 1.29 is 9.21 Å². The number of nitrogens with zero attached hydrogens (tertiary/aromatic N) is 5. The molecule has 1 fully saturated rings. The first-order valence-electron chi connectivity index (χ1n) is 10.0. The average Bonchev–Trinajstić information content (AvgIpc) is 3.29. The lowest BCUT2D eigenvalue weighted by atomic mass is 10.1. The van der Waals surface area contributed by atoms with E-state index in [2.05, 4.69) is 38.2 Å². The number of piperazine rings is 1. The van der Waals surface area contributed by atoms with Crippen molar-refractivity contribution in [1.29, 1.82) is 0 Å². The molecule has 0 atom stereocenters. The molecule has 3 aromatic rings. The molecule has 1 aliphatic heterocycles. The van der Waals surface area contributed by atoms with Crippen LogP contribution in [0.15, 0.2) is 47.1 Å². The molecule has 3 heterocycles. The quantitative estimate of drug-likeness (QED) is 0.640. The van der Waals surface area contributed by atoms with Crippen molar-refractivity contribution in [3.05, 3.63) is 59.8 Å². The smallest absolute Gasteiger partial charge is 0.289 e. The summed E-state index contributed by atoms with van der Waals surface area (Å²) in [5.74, 6) is 1.51. The highest BCUT2D eigenvalue weighted by atomic mass is 16.3. The Kier molecular flexibility index (Phi) is 5.89. The summed E-state index contributed by atoms with van der Waals surface area (Å²) in [7, 11) is 0. The van der Waals surface area contributed by atoms with E-state index in [4.69, 9.17) is 10.2 Å². The van der Waals surface area contributed by atoms with Gasteiger partial charge in [-0.05, 0) is 30.2 Å². The fourth-order valence-electron chi connectivity index (χ4n) is 3.50. The maximum Gasteiger partial charge on any atom is 0.289 e. The Morgan fingerprint density at radius 2 is 1.90 bits per heavy atom. The standard InChI is InChI=1S/C21H25N7O2/c1-2-15-6-3-4-7-16(15)23-21-25-18(24-20(22)26-21)14-27-9-11-28(12-10-27)19(29)17-8-5-13-30-17/h3-8,13H,2,9-12,14H2,1H3,(H3,22,23,24,25,26). The van der Waals surface area contributed by atoms with Crippen LogP contribution in [-0.4, -0.2) is 56.8 Å². The van der Waals surface area contributed by atoms with Crippen molar-refractivity contribution in [3.63, 3.8) is 0 Å². The molecular formula is C21H25N7O2. The van der Waals surface area contributed by atoms with Crippen molar-refractivity contribution in [2.75, 3.05) is 37.2 Å². The molecule has 1 aromatic carbocycles. The van der Waals surface area contributed by atoms with E-state index < -0.39 is 0 Å². The zero-order chi connectivity index (χ0) is 20.9. The van der Waals surface area contributed by atoms with E-state index in [1.807, 2.05) is 18.2 Å². The molecule has 0 aliphatic carbocycles. The molecule has 1 amide bonds. The average molecular weight is 407 g/mol. The number of carbonyl (C=O) groups excluding carboxylic acids is 1. The number of nitrogens with two attached hydrogens (primary N) is 1. The second-order valence-corrected chi connectivity index (χ2v) is 7.11. The summed E-state index contributed by atoms with van der Waals surface area (Å²) in [6, 6.07) is 11.4. The van der Waals surface area contributed by atoms with Crippen LogP contribution in [0.1, 0.15) is 28.9 Å². The third-order valence-electron chi connectivity index (χ3n) is 5.10. The van der Waals surface area contributed by atoms with Gasteiger partial charge in [0.15, 0.2) is 5.76 Å². The van der Waals surface area contributed by atoms with Gasteiger partial charge in [-0.2, -0.15) is 15.0 Å². The van der Waals surface area contributed by atoms with Crippen LogP contribution in [0.25, 0.3) is 0 Å². The molecule has 9 heteroatoms. The number of anilines is 3. The maximum atomic E-state index is 12.4. The number of benzene rings is 1. The summed E-state index contributed by atoms with van der Waals surface area (Å²) in [5.41, 5.74) is 8.06. The lowest BCUT2D eigenvalue weighted by molar-refractivity contribution is 0.0595. The minimum absolute atomic E-state index is 0.0786. The second-order valence-electron chi connectivity index (χ2n) is 7.11. The van der Waals surface area contributed by atoms with Gasteiger partial charge >= 0.3 is 0 Å². The molecule has 0 saturated carbocycles. The molecule has 2 aromatic heterocycles. The van der Waals surface area contributed by atoms with Crippen LogP contribution >= 0.6 is 0 Å². The number of aromatic nitrogens is 3. The summed E-state index contributed by atoms with van der Waals surface area (Å²) in [4.78, 5) is 29.4. The molecule has 0 radical (unpaired) electrons. The first kappa shape index (κ1) is 19.8. The predicted octanol–water partition coefficient (Wildman–Crippen LogP) is 2.31. The topological polar surface area (TPSA) is 113 Å². The van der Waals surface area contributed by atoms with E-state index >= 15 is 0 Å². The van der Waals surface area contributed by atoms with Crippen LogP contribution < -0.4 is 11.1 Å². The molecular weight excluding hydrogens is 382 g/mol. The van der Waals surface area contributed by atoms with Crippen molar-refractivity contribution in [3.8, 4) is 0 Å².